The summed E-state index contributed by atoms with van der Waals surface area (Å²) < 4.78 is 1.94. The lowest BCUT2D eigenvalue weighted by molar-refractivity contribution is -0.144. The van der Waals surface area contributed by atoms with Crippen molar-refractivity contribution in [1.29, 1.82) is 0 Å². The first-order chi connectivity index (χ1) is 7.59. The first kappa shape index (κ1) is 11.2. The number of aromatic nitrogens is 2. The van der Waals surface area contributed by atoms with Gasteiger partial charge < -0.3 is 9.67 Å². The predicted molar refractivity (Wildman–Crippen MR) is 60.1 cm³/mol. The predicted octanol–water partition coefficient (Wildman–Crippen LogP) is 2.02. The first-order valence-electron chi connectivity index (χ1n) is 5.79. The molecule has 0 aliphatic heterocycles. The fourth-order valence-corrected chi connectivity index (χ4v) is 2.70. The zero-order chi connectivity index (χ0) is 11.7. The van der Waals surface area contributed by atoms with Crippen LogP contribution >= 0.6 is 0 Å². The number of rotatable bonds is 2. The van der Waals surface area contributed by atoms with Crippen LogP contribution in [0.3, 0.4) is 0 Å². The molecule has 1 aromatic heterocycles. The quantitative estimate of drug-likeness (QED) is 0.833. The van der Waals surface area contributed by atoms with Gasteiger partial charge >= 0.3 is 5.97 Å². The second-order valence-electron chi connectivity index (χ2n) is 4.87. The monoisotopic (exact) mass is 222 g/mol. The molecule has 1 N–H and O–H groups in total. The summed E-state index contributed by atoms with van der Waals surface area (Å²) in [5.74, 6) is 0.634. The van der Waals surface area contributed by atoms with Gasteiger partial charge in [0.25, 0.3) is 0 Å². The van der Waals surface area contributed by atoms with Crippen molar-refractivity contribution in [3.63, 3.8) is 0 Å². The topological polar surface area (TPSA) is 55.1 Å². The van der Waals surface area contributed by atoms with Gasteiger partial charge in [-0.05, 0) is 25.2 Å². The van der Waals surface area contributed by atoms with E-state index in [0.717, 1.165) is 25.1 Å². The van der Waals surface area contributed by atoms with Crippen molar-refractivity contribution in [2.75, 3.05) is 0 Å². The highest BCUT2D eigenvalue weighted by Gasteiger charge is 2.36. The number of nitrogens with zero attached hydrogens (tertiary/aromatic N) is 2. The molecule has 16 heavy (non-hydrogen) atoms. The Bertz CT molecular complexity index is 386. The lowest BCUT2D eigenvalue weighted by atomic mass is 9.74. The number of carboxylic acids is 1. The van der Waals surface area contributed by atoms with Gasteiger partial charge in [-0.2, -0.15) is 0 Å². The third-order valence-corrected chi connectivity index (χ3v) is 3.62. The van der Waals surface area contributed by atoms with Crippen LogP contribution in [0.5, 0.6) is 0 Å². The molecule has 1 aliphatic carbocycles. The Morgan fingerprint density at radius 2 is 2.31 bits per heavy atom. The maximum Gasteiger partial charge on any atom is 0.307 e. The summed E-state index contributed by atoms with van der Waals surface area (Å²) in [7, 11) is 1.93. The minimum atomic E-state index is -0.681. The van der Waals surface area contributed by atoms with E-state index >= 15 is 0 Å². The number of carbonyl (C=O) groups is 1. The molecule has 1 fully saturated rings. The minimum absolute atomic E-state index is 0.0706. The highest BCUT2D eigenvalue weighted by atomic mass is 16.4. The fourth-order valence-electron chi connectivity index (χ4n) is 2.70. The molecule has 0 amide bonds. The average Bonchev–Trinajstić information content (AvgIpc) is 2.63. The molecule has 3 unspecified atom stereocenters. The van der Waals surface area contributed by atoms with E-state index in [9.17, 15) is 9.90 Å². The summed E-state index contributed by atoms with van der Waals surface area (Å²) in [6.07, 6.45) is 6.34. The van der Waals surface area contributed by atoms with E-state index < -0.39 is 5.97 Å². The molecule has 1 aliphatic rings. The van der Waals surface area contributed by atoms with Gasteiger partial charge in [-0.3, -0.25) is 4.79 Å². The molecule has 4 nitrogen and oxygen atoms in total. The molecule has 1 heterocycles. The van der Waals surface area contributed by atoms with Gasteiger partial charge in [-0.25, -0.2) is 4.98 Å². The smallest absolute Gasteiger partial charge is 0.307 e. The Hall–Kier alpha value is -1.32. The van der Waals surface area contributed by atoms with Crippen LogP contribution < -0.4 is 0 Å². The first-order valence-corrected chi connectivity index (χ1v) is 5.79. The van der Waals surface area contributed by atoms with Crippen molar-refractivity contribution in [1.82, 2.24) is 9.55 Å². The van der Waals surface area contributed by atoms with E-state index in [0.29, 0.717) is 5.92 Å². The van der Waals surface area contributed by atoms with Crippen LogP contribution in [0.15, 0.2) is 12.4 Å². The Labute approximate surface area is 95.3 Å². The van der Waals surface area contributed by atoms with Crippen molar-refractivity contribution in [3.8, 4) is 0 Å². The van der Waals surface area contributed by atoms with Gasteiger partial charge in [0.2, 0.25) is 0 Å². The van der Waals surface area contributed by atoms with Crippen LogP contribution in [0.2, 0.25) is 0 Å². The van der Waals surface area contributed by atoms with Crippen molar-refractivity contribution in [2.24, 2.45) is 18.9 Å². The van der Waals surface area contributed by atoms with Crippen LogP contribution in [-0.4, -0.2) is 20.6 Å². The summed E-state index contributed by atoms with van der Waals surface area (Å²) in [5.41, 5.74) is 0. The molecule has 0 bridgehead atoms. The number of hydrogen-bond acceptors (Lipinski definition) is 2. The molecule has 0 saturated heterocycles. The van der Waals surface area contributed by atoms with Gasteiger partial charge in [0.05, 0.1) is 5.92 Å². The maximum absolute atomic E-state index is 11.2. The van der Waals surface area contributed by atoms with Crippen molar-refractivity contribution in [3.05, 3.63) is 18.2 Å². The summed E-state index contributed by atoms with van der Waals surface area (Å²) in [4.78, 5) is 15.5. The second kappa shape index (κ2) is 4.28. The largest absolute Gasteiger partial charge is 0.481 e. The molecule has 1 aromatic rings. The zero-order valence-corrected chi connectivity index (χ0v) is 9.76. The lowest BCUT2D eigenvalue weighted by Gasteiger charge is -2.31. The highest BCUT2D eigenvalue weighted by Crippen LogP contribution is 2.39. The van der Waals surface area contributed by atoms with Crippen LogP contribution in [0.1, 0.15) is 37.9 Å². The number of hydrogen-bond donors (Lipinski definition) is 1. The number of carboxylic acid groups (broad SMARTS) is 1. The Balaban J connectivity index is 2.27. The molecule has 88 valence electrons. The number of imidazole rings is 1. The average molecular weight is 222 g/mol. The van der Waals surface area contributed by atoms with E-state index in [1.807, 2.05) is 17.8 Å². The standard InChI is InChI=1S/C12H18N2O2/c1-8-3-4-9(12(15)16)10(7-8)11-13-5-6-14(11)2/h5-6,8-10H,3-4,7H2,1-2H3,(H,15,16). The second-order valence-corrected chi connectivity index (χ2v) is 4.87. The van der Waals surface area contributed by atoms with Gasteiger partial charge in [-0.15, -0.1) is 0 Å². The molecule has 3 atom stereocenters. The molecule has 2 rings (SSSR count). The highest BCUT2D eigenvalue weighted by molar-refractivity contribution is 5.71. The summed E-state index contributed by atoms with van der Waals surface area (Å²) in [6, 6.07) is 0. The number of aryl methyl sites for hydroxylation is 1. The third kappa shape index (κ3) is 1.96. The van der Waals surface area contributed by atoms with E-state index in [1.165, 1.54) is 0 Å². The maximum atomic E-state index is 11.2. The Morgan fingerprint density at radius 3 is 2.88 bits per heavy atom. The molecular formula is C12H18N2O2. The molecular weight excluding hydrogens is 204 g/mol. The van der Waals surface area contributed by atoms with Gasteiger partial charge in [-0.1, -0.05) is 6.92 Å². The zero-order valence-electron chi connectivity index (χ0n) is 9.76. The molecule has 4 heteroatoms. The molecule has 0 aromatic carbocycles. The molecule has 0 radical (unpaired) electrons. The van der Waals surface area contributed by atoms with Gasteiger partial charge in [0, 0.05) is 25.4 Å². The van der Waals surface area contributed by atoms with E-state index in [4.69, 9.17) is 0 Å². The fraction of sp³-hybridized carbons (Fsp3) is 0.667. The van der Waals surface area contributed by atoms with Crippen LogP contribution in [0.25, 0.3) is 0 Å². The summed E-state index contributed by atoms with van der Waals surface area (Å²) in [5, 5.41) is 9.25. The third-order valence-electron chi connectivity index (χ3n) is 3.62. The Morgan fingerprint density at radius 1 is 1.56 bits per heavy atom. The molecule has 1 saturated carbocycles. The van der Waals surface area contributed by atoms with Gasteiger partial charge in [0.15, 0.2) is 0 Å². The van der Waals surface area contributed by atoms with E-state index in [2.05, 4.69) is 11.9 Å². The van der Waals surface area contributed by atoms with Crippen molar-refractivity contribution >= 4 is 5.97 Å². The SMILES string of the molecule is CC1CCC(C(=O)O)C(c2nccn2C)C1. The van der Waals surface area contributed by atoms with Crippen LogP contribution in [0.4, 0.5) is 0 Å². The van der Waals surface area contributed by atoms with E-state index in [-0.39, 0.29) is 11.8 Å². The van der Waals surface area contributed by atoms with E-state index in [1.54, 1.807) is 6.20 Å². The van der Waals surface area contributed by atoms with Crippen molar-refractivity contribution < 1.29 is 9.90 Å². The minimum Gasteiger partial charge on any atom is -0.481 e. The normalized spacial score (nSPS) is 30.2. The van der Waals surface area contributed by atoms with Crippen molar-refractivity contribution in [2.45, 2.75) is 32.1 Å². The summed E-state index contributed by atoms with van der Waals surface area (Å²) in [6.45, 7) is 2.19. The Kier molecular flexibility index (Phi) is 2.99. The number of aliphatic carboxylic acids is 1. The lowest BCUT2D eigenvalue weighted by Crippen LogP contribution is -2.30. The van der Waals surface area contributed by atoms with Crippen LogP contribution in [-0.2, 0) is 11.8 Å². The van der Waals surface area contributed by atoms with Crippen LogP contribution in [0, 0.1) is 11.8 Å². The summed E-state index contributed by atoms with van der Waals surface area (Å²) >= 11 is 0. The molecule has 0 spiro atoms. The van der Waals surface area contributed by atoms with Gasteiger partial charge in [0.1, 0.15) is 5.82 Å².